The number of rotatable bonds is 5. The Hall–Kier alpha value is -1.47. The molecule has 67 valence electrons. The van der Waals surface area contributed by atoms with Crippen LogP contribution in [0, 0.1) is 6.07 Å². The Bertz CT molecular complexity index is 275. The molecule has 0 fully saturated rings. The van der Waals surface area contributed by atoms with Crippen LogP contribution < -0.4 is 0 Å². The van der Waals surface area contributed by atoms with Crippen molar-refractivity contribution in [3.05, 3.63) is 46.3 Å². The highest BCUT2D eigenvalue weighted by Crippen LogP contribution is 2.03. The fourth-order valence-corrected chi connectivity index (χ4v) is 1.14. The van der Waals surface area contributed by atoms with Crippen molar-refractivity contribution >= 4 is 0 Å². The molecule has 0 aliphatic heterocycles. The summed E-state index contributed by atoms with van der Waals surface area (Å²) >= 11 is 0. The summed E-state index contributed by atoms with van der Waals surface area (Å²) in [5.41, 5.74) is 9.36. The molecule has 0 atom stereocenters. The Morgan fingerprint density at radius 2 is 2.08 bits per heavy atom. The van der Waals surface area contributed by atoms with E-state index in [0.717, 1.165) is 19.3 Å². The Kier molecular flexibility index (Phi) is 4.51. The van der Waals surface area contributed by atoms with Crippen LogP contribution in [0.3, 0.4) is 0 Å². The summed E-state index contributed by atoms with van der Waals surface area (Å²) in [6.07, 6.45) is 3.08. The van der Waals surface area contributed by atoms with Crippen LogP contribution in [0.2, 0.25) is 0 Å². The number of nitrogens with zero attached hydrogens (tertiary/aromatic N) is 3. The Labute approximate surface area is 78.0 Å². The second-order valence-electron chi connectivity index (χ2n) is 2.82. The van der Waals surface area contributed by atoms with E-state index in [2.05, 4.69) is 28.2 Å². The van der Waals surface area contributed by atoms with Gasteiger partial charge in [-0.3, -0.25) is 0 Å². The molecular formula is C10H12N3. The monoisotopic (exact) mass is 174 g/mol. The van der Waals surface area contributed by atoms with Crippen LogP contribution >= 0.6 is 0 Å². The van der Waals surface area contributed by atoms with Crippen molar-refractivity contribution in [3.63, 3.8) is 0 Å². The minimum Gasteiger partial charge on any atom is -0.0940 e. The fourth-order valence-electron chi connectivity index (χ4n) is 1.14. The third-order valence-electron chi connectivity index (χ3n) is 1.82. The number of azide groups is 1. The van der Waals surface area contributed by atoms with Gasteiger partial charge < -0.3 is 0 Å². The summed E-state index contributed by atoms with van der Waals surface area (Å²) in [5.74, 6) is 0. The van der Waals surface area contributed by atoms with Gasteiger partial charge in [0.05, 0.1) is 0 Å². The van der Waals surface area contributed by atoms with E-state index in [-0.39, 0.29) is 0 Å². The summed E-state index contributed by atoms with van der Waals surface area (Å²) in [5, 5.41) is 3.48. The minimum atomic E-state index is 0.607. The summed E-state index contributed by atoms with van der Waals surface area (Å²) in [6.45, 7) is 0.607. The van der Waals surface area contributed by atoms with E-state index in [1.54, 1.807) is 0 Å². The van der Waals surface area contributed by atoms with Gasteiger partial charge in [-0.15, -0.1) is 0 Å². The van der Waals surface area contributed by atoms with Crippen LogP contribution in [0.25, 0.3) is 10.4 Å². The Morgan fingerprint density at radius 3 is 2.77 bits per heavy atom. The molecule has 0 aromatic heterocycles. The van der Waals surface area contributed by atoms with E-state index in [1.165, 1.54) is 5.56 Å². The predicted molar refractivity (Wildman–Crippen MR) is 52.2 cm³/mol. The van der Waals surface area contributed by atoms with E-state index in [0.29, 0.717) is 6.54 Å². The third kappa shape index (κ3) is 4.19. The summed E-state index contributed by atoms with van der Waals surface area (Å²) in [6, 6.07) is 10.9. The highest BCUT2D eigenvalue weighted by molar-refractivity contribution is 5.13. The highest BCUT2D eigenvalue weighted by atomic mass is 15.1. The molecule has 13 heavy (non-hydrogen) atoms. The lowest BCUT2D eigenvalue weighted by molar-refractivity contribution is 0.742. The van der Waals surface area contributed by atoms with Gasteiger partial charge >= 0.3 is 0 Å². The average molecular weight is 174 g/mol. The van der Waals surface area contributed by atoms with Crippen molar-refractivity contribution in [2.75, 3.05) is 6.54 Å². The zero-order valence-corrected chi connectivity index (χ0v) is 7.48. The third-order valence-corrected chi connectivity index (χ3v) is 1.82. The molecule has 0 N–H and O–H groups in total. The zero-order chi connectivity index (χ0) is 9.36. The standard InChI is InChI=1S/C10H12N3/c11-13-12-9-5-4-8-10-6-2-1-3-7-10/h2-3,6-7H,4-5,8-9H2. The lowest BCUT2D eigenvalue weighted by atomic mass is 10.1. The summed E-state index contributed by atoms with van der Waals surface area (Å²) in [4.78, 5) is 2.70. The summed E-state index contributed by atoms with van der Waals surface area (Å²) in [7, 11) is 0. The molecule has 0 saturated carbocycles. The second kappa shape index (κ2) is 6.09. The van der Waals surface area contributed by atoms with Crippen LogP contribution in [0.5, 0.6) is 0 Å². The van der Waals surface area contributed by atoms with E-state index in [4.69, 9.17) is 5.53 Å². The molecule has 1 rings (SSSR count). The molecule has 0 amide bonds. The maximum Gasteiger partial charge on any atom is 0.0258 e. The molecule has 1 radical (unpaired) electrons. The van der Waals surface area contributed by atoms with Crippen molar-refractivity contribution in [1.29, 1.82) is 0 Å². The van der Waals surface area contributed by atoms with E-state index in [1.807, 2.05) is 12.1 Å². The molecule has 3 heteroatoms. The maximum atomic E-state index is 8.04. The highest BCUT2D eigenvalue weighted by Gasteiger charge is 1.90. The van der Waals surface area contributed by atoms with Gasteiger partial charge in [-0.1, -0.05) is 29.4 Å². The van der Waals surface area contributed by atoms with Gasteiger partial charge in [0.2, 0.25) is 0 Å². The average Bonchev–Trinajstić information content (AvgIpc) is 2.19. The number of unbranched alkanes of at least 4 members (excludes halogenated alkanes) is 1. The molecule has 0 saturated heterocycles. The van der Waals surface area contributed by atoms with Crippen molar-refractivity contribution in [2.24, 2.45) is 5.11 Å². The zero-order valence-electron chi connectivity index (χ0n) is 7.48. The summed E-state index contributed by atoms with van der Waals surface area (Å²) < 4.78 is 0. The van der Waals surface area contributed by atoms with Crippen molar-refractivity contribution in [3.8, 4) is 0 Å². The normalized spacial score (nSPS) is 9.23. The minimum absolute atomic E-state index is 0.607. The topological polar surface area (TPSA) is 48.8 Å². The van der Waals surface area contributed by atoms with Gasteiger partial charge in [0, 0.05) is 11.5 Å². The van der Waals surface area contributed by atoms with Gasteiger partial charge in [0.15, 0.2) is 0 Å². The van der Waals surface area contributed by atoms with Gasteiger partial charge in [-0.05, 0) is 36.4 Å². The van der Waals surface area contributed by atoms with E-state index >= 15 is 0 Å². The van der Waals surface area contributed by atoms with Gasteiger partial charge in [0.1, 0.15) is 0 Å². The second-order valence-corrected chi connectivity index (χ2v) is 2.82. The quantitative estimate of drug-likeness (QED) is 0.285. The molecule has 0 unspecified atom stereocenters. The first-order valence-corrected chi connectivity index (χ1v) is 4.39. The van der Waals surface area contributed by atoms with Gasteiger partial charge in [-0.25, -0.2) is 0 Å². The lowest BCUT2D eigenvalue weighted by Crippen LogP contribution is -1.86. The molecule has 3 nitrogen and oxygen atoms in total. The van der Waals surface area contributed by atoms with E-state index in [9.17, 15) is 0 Å². The van der Waals surface area contributed by atoms with Crippen LogP contribution in [-0.4, -0.2) is 6.54 Å². The van der Waals surface area contributed by atoms with Gasteiger partial charge in [-0.2, -0.15) is 0 Å². The van der Waals surface area contributed by atoms with Crippen molar-refractivity contribution in [1.82, 2.24) is 0 Å². The number of hydrogen-bond donors (Lipinski definition) is 0. The number of aryl methyl sites for hydroxylation is 1. The first-order valence-electron chi connectivity index (χ1n) is 4.39. The molecule has 0 bridgehead atoms. The molecule has 0 aliphatic rings. The van der Waals surface area contributed by atoms with Gasteiger partial charge in [0.25, 0.3) is 0 Å². The maximum absolute atomic E-state index is 8.04. The van der Waals surface area contributed by atoms with Crippen molar-refractivity contribution < 1.29 is 0 Å². The largest absolute Gasteiger partial charge is 0.0940 e. The molecule has 0 aliphatic carbocycles. The lowest BCUT2D eigenvalue weighted by Gasteiger charge is -1.98. The number of benzene rings is 1. The SMILES string of the molecule is [N-]=[N+]=NCCCCc1cc[c]cc1. The first-order chi connectivity index (χ1) is 6.43. The molecular weight excluding hydrogens is 162 g/mol. The fraction of sp³-hybridized carbons (Fsp3) is 0.400. The van der Waals surface area contributed by atoms with Crippen LogP contribution in [-0.2, 0) is 6.42 Å². The van der Waals surface area contributed by atoms with E-state index < -0.39 is 0 Å². The van der Waals surface area contributed by atoms with Crippen molar-refractivity contribution in [2.45, 2.75) is 19.3 Å². The Balaban J connectivity index is 2.17. The molecule has 1 aromatic carbocycles. The van der Waals surface area contributed by atoms with Crippen LogP contribution in [0.1, 0.15) is 18.4 Å². The molecule has 1 aromatic rings. The van der Waals surface area contributed by atoms with Crippen LogP contribution in [0.4, 0.5) is 0 Å². The molecule has 0 heterocycles. The smallest absolute Gasteiger partial charge is 0.0258 e. The first kappa shape index (κ1) is 9.62. The Morgan fingerprint density at radius 1 is 1.31 bits per heavy atom. The number of hydrogen-bond acceptors (Lipinski definition) is 1. The molecule has 0 spiro atoms. The predicted octanol–water partition coefficient (Wildman–Crippen LogP) is 3.12. The van der Waals surface area contributed by atoms with Crippen LogP contribution in [0.15, 0.2) is 29.4 Å².